The third kappa shape index (κ3) is 2.63. The summed E-state index contributed by atoms with van der Waals surface area (Å²) in [5.41, 5.74) is 0. The fourth-order valence-corrected chi connectivity index (χ4v) is 3.62. The second-order valence-corrected chi connectivity index (χ2v) is 6.70. The van der Waals surface area contributed by atoms with E-state index in [0.29, 0.717) is 37.3 Å². The molecule has 106 valence electrons. The van der Waals surface area contributed by atoms with Crippen LogP contribution in [0.25, 0.3) is 0 Å². The predicted molar refractivity (Wildman–Crippen MR) is 70.4 cm³/mol. The van der Waals surface area contributed by atoms with Crippen LogP contribution in [0.4, 0.5) is 0 Å². The van der Waals surface area contributed by atoms with Crippen molar-refractivity contribution in [3.8, 4) is 0 Å². The van der Waals surface area contributed by atoms with Crippen LogP contribution >= 0.6 is 0 Å². The maximum atomic E-state index is 12.7. The normalized spacial score (nSPS) is 31.6. The van der Waals surface area contributed by atoms with Gasteiger partial charge in [-0.2, -0.15) is 0 Å². The first-order chi connectivity index (χ1) is 9.08. The summed E-state index contributed by atoms with van der Waals surface area (Å²) < 4.78 is 0. The minimum atomic E-state index is -0.708. The number of carbonyl (C=O) groups excluding carboxylic acids is 1. The van der Waals surface area contributed by atoms with Gasteiger partial charge in [-0.05, 0) is 49.9 Å². The summed E-state index contributed by atoms with van der Waals surface area (Å²) in [5, 5.41) is 9.14. The van der Waals surface area contributed by atoms with E-state index < -0.39 is 5.97 Å². The summed E-state index contributed by atoms with van der Waals surface area (Å²) in [4.78, 5) is 25.7. The SMILES string of the molecule is CC1CN(C(=O)C(C2CC2)C2CC2)CCC1C(=O)O. The standard InChI is InChI=1S/C15H23NO3/c1-9-8-16(7-6-12(9)15(18)19)14(17)13(10-2-3-10)11-4-5-11/h9-13H,2-8H2,1H3,(H,18,19). The molecule has 4 heteroatoms. The van der Waals surface area contributed by atoms with Gasteiger partial charge in [-0.3, -0.25) is 9.59 Å². The zero-order valence-corrected chi connectivity index (χ0v) is 11.5. The fourth-order valence-electron chi connectivity index (χ4n) is 3.62. The number of carbonyl (C=O) groups is 2. The molecule has 0 aromatic heterocycles. The Morgan fingerprint density at radius 3 is 2.11 bits per heavy atom. The molecular formula is C15H23NO3. The molecule has 1 saturated heterocycles. The van der Waals surface area contributed by atoms with Crippen molar-refractivity contribution in [2.75, 3.05) is 13.1 Å². The molecule has 0 bridgehead atoms. The van der Waals surface area contributed by atoms with Gasteiger partial charge in [0.25, 0.3) is 0 Å². The second-order valence-electron chi connectivity index (χ2n) is 6.70. The van der Waals surface area contributed by atoms with Crippen molar-refractivity contribution in [2.24, 2.45) is 29.6 Å². The lowest BCUT2D eigenvalue weighted by Gasteiger charge is -2.37. The molecule has 1 aliphatic heterocycles. The van der Waals surface area contributed by atoms with Crippen molar-refractivity contribution >= 4 is 11.9 Å². The minimum absolute atomic E-state index is 0.0780. The number of piperidine rings is 1. The molecule has 1 N–H and O–H groups in total. The van der Waals surface area contributed by atoms with E-state index in [2.05, 4.69) is 0 Å². The number of rotatable bonds is 4. The largest absolute Gasteiger partial charge is 0.481 e. The smallest absolute Gasteiger partial charge is 0.306 e. The van der Waals surface area contributed by atoms with Crippen LogP contribution in [-0.4, -0.2) is 35.0 Å². The van der Waals surface area contributed by atoms with Gasteiger partial charge in [-0.15, -0.1) is 0 Å². The monoisotopic (exact) mass is 265 g/mol. The Morgan fingerprint density at radius 2 is 1.68 bits per heavy atom. The predicted octanol–water partition coefficient (Wildman–Crippen LogP) is 1.99. The molecule has 0 radical (unpaired) electrons. The lowest BCUT2D eigenvalue weighted by molar-refractivity contribution is -0.150. The Kier molecular flexibility index (Phi) is 3.27. The quantitative estimate of drug-likeness (QED) is 0.845. The number of hydrogen-bond donors (Lipinski definition) is 1. The van der Waals surface area contributed by atoms with Crippen molar-refractivity contribution in [3.05, 3.63) is 0 Å². The molecule has 0 aromatic rings. The molecule has 4 nitrogen and oxygen atoms in total. The molecule has 3 rings (SSSR count). The average molecular weight is 265 g/mol. The molecule has 2 atom stereocenters. The van der Waals surface area contributed by atoms with Crippen LogP contribution in [0, 0.1) is 29.6 Å². The van der Waals surface area contributed by atoms with Crippen LogP contribution in [0.2, 0.25) is 0 Å². The summed E-state index contributed by atoms with van der Waals surface area (Å²) in [7, 11) is 0. The minimum Gasteiger partial charge on any atom is -0.481 e. The first kappa shape index (κ1) is 12.9. The highest BCUT2D eigenvalue weighted by molar-refractivity contribution is 5.80. The average Bonchev–Trinajstić information content (AvgIpc) is 3.23. The summed E-state index contributed by atoms with van der Waals surface area (Å²) in [5.74, 6) is 0.938. The summed E-state index contributed by atoms with van der Waals surface area (Å²) in [6.45, 7) is 3.23. The van der Waals surface area contributed by atoms with Gasteiger partial charge < -0.3 is 10.0 Å². The van der Waals surface area contributed by atoms with E-state index in [-0.39, 0.29) is 17.8 Å². The van der Waals surface area contributed by atoms with E-state index in [0.717, 1.165) is 0 Å². The number of amides is 1. The molecule has 1 amide bonds. The van der Waals surface area contributed by atoms with E-state index in [9.17, 15) is 9.59 Å². The van der Waals surface area contributed by atoms with Crippen LogP contribution in [-0.2, 0) is 9.59 Å². The Bertz CT molecular complexity index is 375. The van der Waals surface area contributed by atoms with Gasteiger partial charge in [0.2, 0.25) is 5.91 Å². The molecule has 1 heterocycles. The second kappa shape index (κ2) is 4.80. The van der Waals surface area contributed by atoms with Crippen molar-refractivity contribution < 1.29 is 14.7 Å². The van der Waals surface area contributed by atoms with Crippen LogP contribution in [0.15, 0.2) is 0 Å². The number of hydrogen-bond acceptors (Lipinski definition) is 2. The number of nitrogens with zero attached hydrogens (tertiary/aromatic N) is 1. The summed E-state index contributed by atoms with van der Waals surface area (Å²) >= 11 is 0. The highest BCUT2D eigenvalue weighted by Gasteiger charge is 2.47. The first-order valence-corrected chi connectivity index (χ1v) is 7.59. The van der Waals surface area contributed by atoms with Gasteiger partial charge in [0.1, 0.15) is 0 Å². The van der Waals surface area contributed by atoms with Crippen molar-refractivity contribution in [3.63, 3.8) is 0 Å². The number of carboxylic acid groups (broad SMARTS) is 1. The van der Waals surface area contributed by atoms with E-state index in [1.807, 2.05) is 11.8 Å². The number of likely N-dealkylation sites (tertiary alicyclic amines) is 1. The molecular weight excluding hydrogens is 242 g/mol. The van der Waals surface area contributed by atoms with E-state index >= 15 is 0 Å². The van der Waals surface area contributed by atoms with Gasteiger partial charge in [0.05, 0.1) is 5.92 Å². The fraction of sp³-hybridized carbons (Fsp3) is 0.867. The molecule has 2 saturated carbocycles. The Labute approximate surface area is 114 Å². The van der Waals surface area contributed by atoms with E-state index in [1.165, 1.54) is 25.7 Å². The maximum absolute atomic E-state index is 12.7. The highest BCUT2D eigenvalue weighted by Crippen LogP contribution is 2.50. The molecule has 2 aliphatic carbocycles. The van der Waals surface area contributed by atoms with Gasteiger partial charge in [-0.1, -0.05) is 6.92 Å². The number of carboxylic acids is 1. The topological polar surface area (TPSA) is 57.6 Å². The van der Waals surface area contributed by atoms with Crippen molar-refractivity contribution in [1.82, 2.24) is 4.90 Å². The number of aliphatic carboxylic acids is 1. The molecule has 0 aromatic carbocycles. The Morgan fingerprint density at radius 1 is 1.11 bits per heavy atom. The molecule has 3 aliphatic rings. The van der Waals surface area contributed by atoms with Crippen LogP contribution in [0.3, 0.4) is 0 Å². The zero-order valence-electron chi connectivity index (χ0n) is 11.5. The van der Waals surface area contributed by atoms with Gasteiger partial charge in [-0.25, -0.2) is 0 Å². The molecule has 0 spiro atoms. The third-order valence-corrected chi connectivity index (χ3v) is 5.08. The van der Waals surface area contributed by atoms with Gasteiger partial charge in [0, 0.05) is 19.0 Å². The lowest BCUT2D eigenvalue weighted by Crippen LogP contribution is -2.47. The Balaban J connectivity index is 1.63. The molecule has 3 fully saturated rings. The van der Waals surface area contributed by atoms with E-state index in [4.69, 9.17) is 5.11 Å². The molecule has 2 unspecified atom stereocenters. The van der Waals surface area contributed by atoms with Gasteiger partial charge in [0.15, 0.2) is 0 Å². The molecule has 19 heavy (non-hydrogen) atoms. The van der Waals surface area contributed by atoms with Crippen molar-refractivity contribution in [1.29, 1.82) is 0 Å². The van der Waals surface area contributed by atoms with Gasteiger partial charge >= 0.3 is 5.97 Å². The van der Waals surface area contributed by atoms with Crippen LogP contribution in [0.5, 0.6) is 0 Å². The maximum Gasteiger partial charge on any atom is 0.306 e. The Hall–Kier alpha value is -1.06. The third-order valence-electron chi connectivity index (χ3n) is 5.08. The first-order valence-electron chi connectivity index (χ1n) is 7.59. The highest BCUT2D eigenvalue weighted by atomic mass is 16.4. The lowest BCUT2D eigenvalue weighted by atomic mass is 9.85. The van der Waals surface area contributed by atoms with Crippen molar-refractivity contribution in [2.45, 2.75) is 39.0 Å². The summed E-state index contributed by atoms with van der Waals surface area (Å²) in [6.07, 6.45) is 5.48. The van der Waals surface area contributed by atoms with Crippen LogP contribution in [0.1, 0.15) is 39.0 Å². The summed E-state index contributed by atoms with van der Waals surface area (Å²) in [6, 6.07) is 0. The van der Waals surface area contributed by atoms with E-state index in [1.54, 1.807) is 0 Å². The zero-order chi connectivity index (χ0) is 13.6. The van der Waals surface area contributed by atoms with Crippen LogP contribution < -0.4 is 0 Å².